The van der Waals surface area contributed by atoms with Crippen LogP contribution in [0.15, 0.2) is 16.7 Å². The number of aromatic nitrogens is 1. The van der Waals surface area contributed by atoms with E-state index in [0.717, 1.165) is 41.5 Å². The highest BCUT2D eigenvalue weighted by molar-refractivity contribution is 9.10. The molecular weight excluding hydrogens is 330 g/mol. The molecule has 1 heterocycles. The monoisotopic (exact) mass is 349 g/mol. The topological polar surface area (TPSA) is 68.0 Å². The fourth-order valence-corrected chi connectivity index (χ4v) is 5.53. The third kappa shape index (κ3) is 2.35. The molecule has 0 radical (unpaired) electrons. The second-order valence-electron chi connectivity index (χ2n) is 7.24. The number of pyridine rings is 1. The normalized spacial score (nSPS) is 36.7. The molecule has 4 bridgehead atoms. The van der Waals surface area contributed by atoms with E-state index in [9.17, 15) is 4.79 Å². The molecule has 1 aromatic heterocycles. The molecule has 0 spiro atoms. The molecule has 0 aromatic carbocycles. The predicted molar refractivity (Wildman–Crippen MR) is 84.7 cm³/mol. The Morgan fingerprint density at radius 3 is 2.38 bits per heavy atom. The van der Waals surface area contributed by atoms with Crippen molar-refractivity contribution in [1.29, 1.82) is 0 Å². The second kappa shape index (κ2) is 4.70. The van der Waals surface area contributed by atoms with Crippen LogP contribution in [-0.4, -0.2) is 16.4 Å². The molecule has 4 aliphatic carbocycles. The van der Waals surface area contributed by atoms with Crippen LogP contribution in [0, 0.1) is 17.8 Å². The van der Waals surface area contributed by atoms with Gasteiger partial charge < -0.3 is 11.1 Å². The van der Waals surface area contributed by atoms with Crippen LogP contribution in [0.25, 0.3) is 0 Å². The molecule has 4 fully saturated rings. The maximum Gasteiger partial charge on any atom is 0.255 e. The Balaban J connectivity index is 1.58. The number of nitrogens with zero attached hydrogens (tertiary/aromatic N) is 1. The largest absolute Gasteiger partial charge is 0.383 e. The number of amides is 1. The summed E-state index contributed by atoms with van der Waals surface area (Å²) in [5.74, 6) is 2.68. The van der Waals surface area contributed by atoms with E-state index in [1.165, 1.54) is 19.3 Å². The van der Waals surface area contributed by atoms with Gasteiger partial charge in [-0.15, -0.1) is 0 Å². The Bertz CT molecular complexity index is 566. The van der Waals surface area contributed by atoms with Gasteiger partial charge in [-0.2, -0.15) is 0 Å². The number of hydrogen-bond acceptors (Lipinski definition) is 3. The van der Waals surface area contributed by atoms with E-state index in [4.69, 9.17) is 5.73 Å². The van der Waals surface area contributed by atoms with Crippen LogP contribution in [-0.2, 0) is 0 Å². The molecule has 0 atom stereocenters. The molecule has 0 saturated heterocycles. The summed E-state index contributed by atoms with van der Waals surface area (Å²) in [6, 6.07) is 1.76. The Hall–Kier alpha value is -1.10. The summed E-state index contributed by atoms with van der Waals surface area (Å²) in [5, 5.41) is 3.33. The van der Waals surface area contributed by atoms with Gasteiger partial charge >= 0.3 is 0 Å². The molecule has 4 aliphatic rings. The smallest absolute Gasteiger partial charge is 0.255 e. The summed E-state index contributed by atoms with van der Waals surface area (Å²) in [4.78, 5) is 16.7. The zero-order valence-corrected chi connectivity index (χ0v) is 13.5. The summed E-state index contributed by atoms with van der Waals surface area (Å²) in [6.45, 7) is 0. The van der Waals surface area contributed by atoms with Gasteiger partial charge in [0, 0.05) is 16.2 Å². The van der Waals surface area contributed by atoms with Crippen LogP contribution in [0.1, 0.15) is 48.9 Å². The van der Waals surface area contributed by atoms with Gasteiger partial charge in [0.2, 0.25) is 0 Å². The summed E-state index contributed by atoms with van der Waals surface area (Å²) < 4.78 is 0.785. The minimum Gasteiger partial charge on any atom is -0.383 e. The van der Waals surface area contributed by atoms with Crippen LogP contribution in [0.4, 0.5) is 5.82 Å². The molecule has 3 N–H and O–H groups in total. The highest BCUT2D eigenvalue weighted by Gasteiger charge is 2.51. The van der Waals surface area contributed by atoms with E-state index < -0.39 is 0 Å². The van der Waals surface area contributed by atoms with Crippen molar-refractivity contribution in [3.63, 3.8) is 0 Å². The van der Waals surface area contributed by atoms with Gasteiger partial charge in [0.1, 0.15) is 5.82 Å². The zero-order chi connectivity index (χ0) is 14.6. The first-order chi connectivity index (χ1) is 10.0. The SMILES string of the molecule is Nc1ncc(Br)cc1C(=O)NC12CC3CC(CC(C3)C1)C2. The molecular formula is C16H20BrN3O. The highest BCUT2D eigenvalue weighted by atomic mass is 79.9. The number of nitrogens with one attached hydrogen (secondary N) is 1. The number of hydrogen-bond donors (Lipinski definition) is 2. The van der Waals surface area contributed by atoms with E-state index in [-0.39, 0.29) is 11.4 Å². The fraction of sp³-hybridized carbons (Fsp3) is 0.625. The molecule has 4 saturated carbocycles. The van der Waals surface area contributed by atoms with E-state index in [2.05, 4.69) is 26.2 Å². The Morgan fingerprint density at radius 1 is 1.24 bits per heavy atom. The third-order valence-electron chi connectivity index (χ3n) is 5.55. The molecule has 0 unspecified atom stereocenters. The van der Waals surface area contributed by atoms with Crippen molar-refractivity contribution in [3.8, 4) is 0 Å². The lowest BCUT2D eigenvalue weighted by Crippen LogP contribution is -2.59. The number of carbonyl (C=O) groups is 1. The Kier molecular flexibility index (Phi) is 3.03. The van der Waals surface area contributed by atoms with Crippen molar-refractivity contribution in [3.05, 3.63) is 22.3 Å². The van der Waals surface area contributed by atoms with Crippen LogP contribution >= 0.6 is 15.9 Å². The maximum atomic E-state index is 12.7. The number of nitrogen functional groups attached to an aromatic ring is 1. The van der Waals surface area contributed by atoms with Crippen LogP contribution < -0.4 is 11.1 Å². The lowest BCUT2D eigenvalue weighted by molar-refractivity contribution is -0.0166. The lowest BCUT2D eigenvalue weighted by atomic mass is 9.53. The molecule has 21 heavy (non-hydrogen) atoms. The van der Waals surface area contributed by atoms with Gasteiger partial charge in [0.05, 0.1) is 5.56 Å². The second-order valence-corrected chi connectivity index (χ2v) is 8.15. The van der Waals surface area contributed by atoms with E-state index in [0.29, 0.717) is 11.4 Å². The summed E-state index contributed by atoms with van der Waals surface area (Å²) in [6.07, 6.45) is 9.17. The predicted octanol–water partition coefficient (Wildman–Crippen LogP) is 3.12. The summed E-state index contributed by atoms with van der Waals surface area (Å²) >= 11 is 3.36. The standard InChI is InChI=1S/C16H20BrN3O/c17-12-4-13(14(18)19-8-12)15(21)20-16-5-9-1-10(6-16)3-11(2-9)7-16/h4,8-11H,1-3,5-7H2,(H2,18,19)(H,20,21). The van der Waals surface area contributed by atoms with Crippen LogP contribution in [0.2, 0.25) is 0 Å². The minimum atomic E-state index is -0.0664. The summed E-state index contributed by atoms with van der Waals surface area (Å²) in [7, 11) is 0. The number of rotatable bonds is 2. The number of nitrogens with two attached hydrogens (primary N) is 1. The van der Waals surface area contributed by atoms with Crippen molar-refractivity contribution >= 4 is 27.7 Å². The Morgan fingerprint density at radius 2 is 1.81 bits per heavy atom. The van der Waals surface area contributed by atoms with Crippen molar-refractivity contribution in [1.82, 2.24) is 10.3 Å². The maximum absolute atomic E-state index is 12.7. The molecule has 5 rings (SSSR count). The number of halogens is 1. The first-order valence-electron chi connectivity index (χ1n) is 7.76. The fourth-order valence-electron chi connectivity index (χ4n) is 5.20. The van der Waals surface area contributed by atoms with E-state index in [1.54, 1.807) is 12.3 Å². The molecule has 1 amide bonds. The molecule has 4 nitrogen and oxygen atoms in total. The average molecular weight is 350 g/mol. The molecule has 1 aromatic rings. The lowest BCUT2D eigenvalue weighted by Gasteiger charge is -2.56. The van der Waals surface area contributed by atoms with Gasteiger partial charge in [-0.3, -0.25) is 4.79 Å². The van der Waals surface area contributed by atoms with Gasteiger partial charge in [0.25, 0.3) is 5.91 Å². The quantitative estimate of drug-likeness (QED) is 0.861. The van der Waals surface area contributed by atoms with Crippen molar-refractivity contribution in [2.45, 2.75) is 44.1 Å². The zero-order valence-electron chi connectivity index (χ0n) is 11.9. The van der Waals surface area contributed by atoms with E-state index >= 15 is 0 Å². The van der Waals surface area contributed by atoms with Crippen molar-refractivity contribution in [2.75, 3.05) is 5.73 Å². The van der Waals surface area contributed by atoms with Gasteiger partial charge in [0.15, 0.2) is 0 Å². The molecule has 112 valence electrons. The third-order valence-corrected chi connectivity index (χ3v) is 5.98. The minimum absolute atomic E-state index is 0.0145. The first kappa shape index (κ1) is 13.6. The summed E-state index contributed by atoms with van der Waals surface area (Å²) in [5.41, 5.74) is 6.37. The Labute approximate surface area is 133 Å². The molecule has 0 aliphatic heterocycles. The van der Waals surface area contributed by atoms with Crippen LogP contribution in [0.5, 0.6) is 0 Å². The van der Waals surface area contributed by atoms with Gasteiger partial charge in [-0.1, -0.05) is 0 Å². The van der Waals surface area contributed by atoms with Gasteiger partial charge in [-0.05, 0) is 78.3 Å². The molecule has 5 heteroatoms. The highest BCUT2D eigenvalue weighted by Crippen LogP contribution is 2.55. The van der Waals surface area contributed by atoms with E-state index in [1.807, 2.05) is 0 Å². The number of anilines is 1. The van der Waals surface area contributed by atoms with Gasteiger partial charge in [-0.25, -0.2) is 4.98 Å². The van der Waals surface area contributed by atoms with Crippen molar-refractivity contribution < 1.29 is 4.79 Å². The number of carbonyl (C=O) groups excluding carboxylic acids is 1. The van der Waals surface area contributed by atoms with Crippen molar-refractivity contribution in [2.24, 2.45) is 17.8 Å². The first-order valence-corrected chi connectivity index (χ1v) is 8.56. The average Bonchev–Trinajstić information content (AvgIpc) is 2.39. The van der Waals surface area contributed by atoms with Crippen LogP contribution in [0.3, 0.4) is 0 Å².